The van der Waals surface area contributed by atoms with Crippen molar-refractivity contribution in [3.05, 3.63) is 68.5 Å². The zero-order valence-electron chi connectivity index (χ0n) is 10.1. The summed E-state index contributed by atoms with van der Waals surface area (Å²) in [6.45, 7) is 0. The molecule has 0 spiro atoms. The Morgan fingerprint density at radius 2 is 1.63 bits per heavy atom. The van der Waals surface area contributed by atoms with Crippen LogP contribution in [0.4, 0.5) is 13.2 Å². The fourth-order valence-electron chi connectivity index (χ4n) is 1.99. The number of halogens is 4. The van der Waals surface area contributed by atoms with Crippen LogP contribution in [0.25, 0.3) is 0 Å². The molecule has 0 aliphatic carbocycles. The van der Waals surface area contributed by atoms with Crippen molar-refractivity contribution in [3.8, 4) is 0 Å². The fraction of sp³-hybridized carbons (Fsp3) is 0.143. The van der Waals surface area contributed by atoms with Crippen molar-refractivity contribution in [2.75, 3.05) is 7.05 Å². The van der Waals surface area contributed by atoms with E-state index in [0.29, 0.717) is 12.1 Å². The molecule has 0 aliphatic rings. The smallest absolute Gasteiger partial charge is 0.134 e. The fourth-order valence-corrected chi connectivity index (χ4v) is 2.69. The van der Waals surface area contributed by atoms with Gasteiger partial charge in [0, 0.05) is 21.3 Å². The number of rotatable bonds is 3. The second-order valence-electron chi connectivity index (χ2n) is 4.03. The molecule has 1 N–H and O–H groups in total. The summed E-state index contributed by atoms with van der Waals surface area (Å²) in [5, 5.41) is 2.87. The summed E-state index contributed by atoms with van der Waals surface area (Å²) in [7, 11) is 1.61. The number of nitrogens with one attached hydrogen (secondary N) is 1. The average molecular weight is 377 g/mol. The van der Waals surface area contributed by atoms with Crippen molar-refractivity contribution in [1.82, 2.24) is 5.32 Å². The lowest BCUT2D eigenvalue weighted by atomic mass is 9.98. The third-order valence-corrected chi connectivity index (χ3v) is 3.82. The SMILES string of the molecule is CNC(c1ccccc1I)c1c(F)cc(F)cc1F. The van der Waals surface area contributed by atoms with Gasteiger partial charge in [0.15, 0.2) is 0 Å². The van der Waals surface area contributed by atoms with E-state index in [1.54, 1.807) is 19.2 Å². The zero-order chi connectivity index (χ0) is 14.0. The molecular weight excluding hydrogens is 366 g/mol. The van der Waals surface area contributed by atoms with Crippen LogP contribution in [0.1, 0.15) is 17.2 Å². The van der Waals surface area contributed by atoms with E-state index in [9.17, 15) is 13.2 Å². The summed E-state index contributed by atoms with van der Waals surface area (Å²) in [6, 6.07) is 7.99. The van der Waals surface area contributed by atoms with Gasteiger partial charge in [0.2, 0.25) is 0 Å². The predicted octanol–water partition coefficient (Wildman–Crippen LogP) is 4.02. The minimum absolute atomic E-state index is 0.173. The normalized spacial score (nSPS) is 12.5. The quantitative estimate of drug-likeness (QED) is 0.797. The zero-order valence-corrected chi connectivity index (χ0v) is 12.2. The first kappa shape index (κ1) is 14.3. The van der Waals surface area contributed by atoms with Crippen LogP contribution in [0, 0.1) is 21.0 Å². The highest BCUT2D eigenvalue weighted by Gasteiger charge is 2.23. The summed E-state index contributed by atoms with van der Waals surface area (Å²) >= 11 is 2.10. The molecule has 1 atom stereocenters. The first-order chi connectivity index (χ1) is 9.04. The minimum atomic E-state index is -0.920. The van der Waals surface area contributed by atoms with E-state index < -0.39 is 23.5 Å². The Labute approximate surface area is 123 Å². The maximum atomic E-state index is 13.8. The van der Waals surface area contributed by atoms with Crippen molar-refractivity contribution in [1.29, 1.82) is 0 Å². The first-order valence-electron chi connectivity index (χ1n) is 5.60. The van der Waals surface area contributed by atoms with Gasteiger partial charge in [-0.1, -0.05) is 18.2 Å². The number of hydrogen-bond donors (Lipinski definition) is 1. The summed E-state index contributed by atoms with van der Waals surface area (Å²) in [6.07, 6.45) is 0. The Morgan fingerprint density at radius 1 is 1.05 bits per heavy atom. The van der Waals surface area contributed by atoms with Gasteiger partial charge in [-0.05, 0) is 41.3 Å². The topological polar surface area (TPSA) is 12.0 Å². The van der Waals surface area contributed by atoms with E-state index in [2.05, 4.69) is 27.9 Å². The highest BCUT2D eigenvalue weighted by Crippen LogP contribution is 2.30. The molecule has 0 heterocycles. The lowest BCUT2D eigenvalue weighted by molar-refractivity contribution is 0.499. The molecule has 5 heteroatoms. The summed E-state index contributed by atoms with van der Waals surface area (Å²) in [4.78, 5) is 0. The first-order valence-corrected chi connectivity index (χ1v) is 6.68. The van der Waals surface area contributed by atoms with E-state index in [-0.39, 0.29) is 5.56 Å². The lowest BCUT2D eigenvalue weighted by Crippen LogP contribution is -2.21. The van der Waals surface area contributed by atoms with E-state index in [1.807, 2.05) is 12.1 Å². The van der Waals surface area contributed by atoms with Crippen LogP contribution in [-0.2, 0) is 0 Å². The van der Waals surface area contributed by atoms with Gasteiger partial charge in [0.05, 0.1) is 6.04 Å². The molecule has 100 valence electrons. The van der Waals surface area contributed by atoms with E-state index in [1.165, 1.54) is 0 Å². The van der Waals surface area contributed by atoms with Gasteiger partial charge >= 0.3 is 0 Å². The molecule has 0 saturated carbocycles. The van der Waals surface area contributed by atoms with Gasteiger partial charge in [0.1, 0.15) is 17.5 Å². The van der Waals surface area contributed by atoms with Gasteiger partial charge in [-0.2, -0.15) is 0 Å². The Balaban J connectivity index is 2.58. The number of hydrogen-bond acceptors (Lipinski definition) is 1. The van der Waals surface area contributed by atoms with Gasteiger partial charge in [0.25, 0.3) is 0 Å². The van der Waals surface area contributed by atoms with Crippen molar-refractivity contribution in [2.24, 2.45) is 0 Å². The highest BCUT2D eigenvalue weighted by molar-refractivity contribution is 14.1. The van der Waals surface area contributed by atoms with Gasteiger partial charge in [-0.3, -0.25) is 0 Å². The Morgan fingerprint density at radius 3 is 2.16 bits per heavy atom. The van der Waals surface area contributed by atoms with Crippen LogP contribution in [0.3, 0.4) is 0 Å². The summed E-state index contributed by atoms with van der Waals surface area (Å²) in [5.74, 6) is -2.70. The third kappa shape index (κ3) is 2.92. The monoisotopic (exact) mass is 377 g/mol. The van der Waals surface area contributed by atoms with Crippen molar-refractivity contribution in [3.63, 3.8) is 0 Å². The molecule has 0 radical (unpaired) electrons. The maximum absolute atomic E-state index is 13.8. The maximum Gasteiger partial charge on any atom is 0.134 e. The third-order valence-electron chi connectivity index (χ3n) is 2.84. The van der Waals surface area contributed by atoms with E-state index in [4.69, 9.17) is 0 Å². The standard InChI is InChI=1S/C14H11F3IN/c1-19-14(9-4-2-3-5-12(9)18)13-10(16)6-8(15)7-11(13)17/h2-7,14,19H,1H3. The average Bonchev–Trinajstić information content (AvgIpc) is 2.34. The molecule has 0 fully saturated rings. The summed E-state index contributed by atoms with van der Waals surface area (Å²) in [5.41, 5.74) is 0.572. The molecule has 1 unspecified atom stereocenters. The van der Waals surface area contributed by atoms with Crippen molar-refractivity contribution in [2.45, 2.75) is 6.04 Å². The van der Waals surface area contributed by atoms with Crippen LogP contribution in [0.2, 0.25) is 0 Å². The molecular formula is C14H11F3IN. The molecule has 0 aliphatic heterocycles. The van der Waals surface area contributed by atoms with Crippen LogP contribution >= 0.6 is 22.6 Å². The van der Waals surface area contributed by atoms with E-state index in [0.717, 1.165) is 9.13 Å². The highest BCUT2D eigenvalue weighted by atomic mass is 127. The Kier molecular flexibility index (Phi) is 4.46. The second-order valence-corrected chi connectivity index (χ2v) is 5.19. The van der Waals surface area contributed by atoms with Gasteiger partial charge in [-0.25, -0.2) is 13.2 Å². The van der Waals surface area contributed by atoms with Crippen LogP contribution < -0.4 is 5.32 Å². The van der Waals surface area contributed by atoms with Crippen LogP contribution in [0.15, 0.2) is 36.4 Å². The largest absolute Gasteiger partial charge is 0.309 e. The molecule has 1 nitrogen and oxygen atoms in total. The lowest BCUT2D eigenvalue weighted by Gasteiger charge is -2.20. The van der Waals surface area contributed by atoms with Crippen LogP contribution in [0.5, 0.6) is 0 Å². The molecule has 2 aromatic carbocycles. The molecule has 0 bridgehead atoms. The molecule has 2 rings (SSSR count). The van der Waals surface area contributed by atoms with Gasteiger partial charge in [-0.15, -0.1) is 0 Å². The second kappa shape index (κ2) is 5.92. The molecule has 19 heavy (non-hydrogen) atoms. The van der Waals surface area contributed by atoms with E-state index >= 15 is 0 Å². The number of benzene rings is 2. The summed E-state index contributed by atoms with van der Waals surface area (Å²) < 4.78 is 41.5. The molecule has 0 amide bonds. The van der Waals surface area contributed by atoms with Crippen molar-refractivity contribution < 1.29 is 13.2 Å². The van der Waals surface area contributed by atoms with Crippen molar-refractivity contribution >= 4 is 22.6 Å². The predicted molar refractivity (Wildman–Crippen MR) is 76.4 cm³/mol. The Hall–Kier alpha value is -1.08. The molecule has 0 saturated heterocycles. The molecule has 0 aromatic heterocycles. The van der Waals surface area contributed by atoms with Gasteiger partial charge < -0.3 is 5.32 Å². The Bertz CT molecular complexity index is 578. The van der Waals surface area contributed by atoms with Crippen LogP contribution in [-0.4, -0.2) is 7.05 Å². The molecule has 2 aromatic rings. The minimum Gasteiger partial charge on any atom is -0.309 e.